The molecular formula is C8H17N3O2. The summed E-state index contributed by atoms with van der Waals surface area (Å²) >= 11 is 0. The molecule has 5 nitrogen and oxygen atoms in total. The molecule has 0 radical (unpaired) electrons. The molecule has 5 heteroatoms. The molecule has 76 valence electrons. The van der Waals surface area contributed by atoms with Gasteiger partial charge in [-0.3, -0.25) is 14.5 Å². The Morgan fingerprint density at radius 2 is 2.38 bits per heavy atom. The van der Waals surface area contributed by atoms with E-state index >= 15 is 0 Å². The summed E-state index contributed by atoms with van der Waals surface area (Å²) in [5.74, 6) is -0.00259. The van der Waals surface area contributed by atoms with E-state index in [2.05, 4.69) is 5.32 Å². The maximum atomic E-state index is 11.7. The van der Waals surface area contributed by atoms with Crippen molar-refractivity contribution >= 4 is 5.91 Å². The summed E-state index contributed by atoms with van der Waals surface area (Å²) in [6, 6.07) is -0.0984. The Balaban J connectivity index is 2.53. The van der Waals surface area contributed by atoms with Crippen LogP contribution in [-0.4, -0.2) is 62.8 Å². The Hall–Kier alpha value is -0.650. The van der Waals surface area contributed by atoms with Gasteiger partial charge in [-0.05, 0) is 7.05 Å². The van der Waals surface area contributed by atoms with E-state index in [1.54, 1.807) is 7.05 Å². The molecular weight excluding hydrogens is 170 g/mol. The molecule has 1 rings (SSSR count). The largest absolute Gasteiger partial charge is 0.313 e. The Bertz CT molecular complexity index is 186. The number of hydrogen-bond donors (Lipinski definition) is 1. The van der Waals surface area contributed by atoms with Crippen molar-refractivity contribution in [3.05, 3.63) is 0 Å². The average Bonchev–Trinajstić information content (AvgIpc) is 2.16. The summed E-state index contributed by atoms with van der Waals surface area (Å²) in [6.45, 7) is 2.54. The van der Waals surface area contributed by atoms with Gasteiger partial charge in [0, 0.05) is 26.7 Å². The molecule has 0 aliphatic carbocycles. The van der Waals surface area contributed by atoms with Gasteiger partial charge in [-0.2, -0.15) is 0 Å². The summed E-state index contributed by atoms with van der Waals surface area (Å²) in [4.78, 5) is 18.5. The van der Waals surface area contributed by atoms with Crippen LogP contribution in [0.15, 0.2) is 0 Å². The van der Waals surface area contributed by atoms with E-state index in [-0.39, 0.29) is 11.9 Å². The lowest BCUT2D eigenvalue weighted by molar-refractivity contribution is -0.174. The maximum Gasteiger partial charge on any atom is 0.264 e. The minimum absolute atomic E-state index is 0.00259. The van der Waals surface area contributed by atoms with Gasteiger partial charge in [-0.25, -0.2) is 5.06 Å². The van der Waals surface area contributed by atoms with Gasteiger partial charge in [0.05, 0.1) is 7.11 Å². The van der Waals surface area contributed by atoms with Crippen LogP contribution in [0.25, 0.3) is 0 Å². The molecule has 1 atom stereocenters. The number of carbonyl (C=O) groups excluding carboxylic acids is 1. The molecule has 1 unspecified atom stereocenters. The summed E-state index contributed by atoms with van der Waals surface area (Å²) in [7, 11) is 5.08. The molecule has 0 bridgehead atoms. The fraction of sp³-hybridized carbons (Fsp3) is 0.875. The molecule has 0 spiro atoms. The third kappa shape index (κ3) is 2.40. The first-order valence-corrected chi connectivity index (χ1v) is 4.39. The van der Waals surface area contributed by atoms with Crippen LogP contribution in [0.5, 0.6) is 0 Å². The predicted octanol–water partition coefficient (Wildman–Crippen LogP) is -1.09. The minimum atomic E-state index is -0.0984. The zero-order valence-corrected chi connectivity index (χ0v) is 8.41. The van der Waals surface area contributed by atoms with Crippen LogP contribution >= 0.6 is 0 Å². The number of nitrogens with zero attached hydrogens (tertiary/aromatic N) is 2. The van der Waals surface area contributed by atoms with Gasteiger partial charge in [-0.1, -0.05) is 0 Å². The van der Waals surface area contributed by atoms with E-state index in [9.17, 15) is 4.79 Å². The van der Waals surface area contributed by atoms with Gasteiger partial charge >= 0.3 is 0 Å². The fourth-order valence-electron chi connectivity index (χ4n) is 1.38. The van der Waals surface area contributed by atoms with Crippen molar-refractivity contribution in [3.8, 4) is 0 Å². The van der Waals surface area contributed by atoms with Gasteiger partial charge in [0.1, 0.15) is 6.04 Å². The standard InChI is InChI=1S/C8H17N3O2/c1-10-5-4-9-6-7(10)8(12)11(2)13-3/h7,9H,4-6H2,1-3H3. The predicted molar refractivity (Wildman–Crippen MR) is 49.1 cm³/mol. The number of hydroxylamine groups is 2. The average molecular weight is 187 g/mol. The Kier molecular flexibility index (Phi) is 3.65. The highest BCUT2D eigenvalue weighted by Gasteiger charge is 2.28. The Morgan fingerprint density at radius 3 is 2.92 bits per heavy atom. The second-order valence-electron chi connectivity index (χ2n) is 3.22. The van der Waals surface area contributed by atoms with Crippen molar-refractivity contribution < 1.29 is 9.63 Å². The highest BCUT2D eigenvalue weighted by atomic mass is 16.7. The molecule has 0 saturated carbocycles. The van der Waals surface area contributed by atoms with E-state index in [1.165, 1.54) is 12.2 Å². The first-order valence-electron chi connectivity index (χ1n) is 4.39. The van der Waals surface area contributed by atoms with E-state index in [0.29, 0.717) is 6.54 Å². The van der Waals surface area contributed by atoms with E-state index < -0.39 is 0 Å². The molecule has 13 heavy (non-hydrogen) atoms. The van der Waals surface area contributed by atoms with Crippen LogP contribution in [0.4, 0.5) is 0 Å². The van der Waals surface area contributed by atoms with Crippen molar-refractivity contribution in [2.45, 2.75) is 6.04 Å². The van der Waals surface area contributed by atoms with Crippen LogP contribution in [0.3, 0.4) is 0 Å². The minimum Gasteiger partial charge on any atom is -0.313 e. The number of rotatable bonds is 2. The summed E-state index contributed by atoms with van der Waals surface area (Å²) in [6.07, 6.45) is 0. The number of hydrogen-bond acceptors (Lipinski definition) is 4. The van der Waals surface area contributed by atoms with Crippen molar-refractivity contribution in [3.63, 3.8) is 0 Å². The van der Waals surface area contributed by atoms with Crippen LogP contribution < -0.4 is 5.32 Å². The van der Waals surface area contributed by atoms with Crippen LogP contribution in [-0.2, 0) is 9.63 Å². The Labute approximate surface area is 78.6 Å². The second-order valence-corrected chi connectivity index (χ2v) is 3.22. The number of carbonyl (C=O) groups is 1. The first-order chi connectivity index (χ1) is 6.16. The molecule has 1 aliphatic rings. The first kappa shape index (κ1) is 10.4. The summed E-state index contributed by atoms with van der Waals surface area (Å²) in [5, 5.41) is 4.45. The Morgan fingerprint density at radius 1 is 1.69 bits per heavy atom. The summed E-state index contributed by atoms with van der Waals surface area (Å²) < 4.78 is 0. The molecule has 1 saturated heterocycles. The molecule has 0 aromatic rings. The van der Waals surface area contributed by atoms with Gasteiger partial charge < -0.3 is 5.32 Å². The fourth-order valence-corrected chi connectivity index (χ4v) is 1.38. The second kappa shape index (κ2) is 4.55. The third-order valence-corrected chi connectivity index (χ3v) is 2.38. The van der Waals surface area contributed by atoms with E-state index in [4.69, 9.17) is 4.84 Å². The highest BCUT2D eigenvalue weighted by molar-refractivity contribution is 5.81. The smallest absolute Gasteiger partial charge is 0.264 e. The topological polar surface area (TPSA) is 44.8 Å². The summed E-state index contributed by atoms with van der Waals surface area (Å²) in [5.41, 5.74) is 0. The van der Waals surface area contributed by atoms with Crippen molar-refractivity contribution in [1.82, 2.24) is 15.3 Å². The molecule has 1 amide bonds. The molecule has 0 aromatic carbocycles. The number of piperazine rings is 1. The monoisotopic (exact) mass is 187 g/mol. The van der Waals surface area contributed by atoms with Crippen molar-refractivity contribution in [2.75, 3.05) is 40.8 Å². The third-order valence-electron chi connectivity index (χ3n) is 2.38. The number of nitrogens with one attached hydrogen (secondary N) is 1. The highest BCUT2D eigenvalue weighted by Crippen LogP contribution is 2.03. The lowest BCUT2D eigenvalue weighted by atomic mass is 10.2. The van der Waals surface area contributed by atoms with Gasteiger partial charge in [0.15, 0.2) is 0 Å². The molecule has 1 heterocycles. The maximum absolute atomic E-state index is 11.7. The molecule has 1 N–H and O–H groups in total. The van der Waals surface area contributed by atoms with Crippen LogP contribution in [0.2, 0.25) is 0 Å². The number of likely N-dealkylation sites (N-methyl/N-ethyl adjacent to an activating group) is 2. The molecule has 1 fully saturated rings. The van der Waals surface area contributed by atoms with Crippen LogP contribution in [0, 0.1) is 0 Å². The SMILES string of the molecule is CON(C)C(=O)C1CNCCN1C. The molecule has 1 aliphatic heterocycles. The van der Waals surface area contributed by atoms with Gasteiger partial charge in [0.25, 0.3) is 5.91 Å². The number of amides is 1. The lowest BCUT2D eigenvalue weighted by Crippen LogP contribution is -2.56. The van der Waals surface area contributed by atoms with Gasteiger partial charge in [0.2, 0.25) is 0 Å². The van der Waals surface area contributed by atoms with Gasteiger partial charge in [-0.15, -0.1) is 0 Å². The van der Waals surface area contributed by atoms with Crippen molar-refractivity contribution in [2.24, 2.45) is 0 Å². The zero-order valence-electron chi connectivity index (χ0n) is 8.41. The van der Waals surface area contributed by atoms with E-state index in [0.717, 1.165) is 13.1 Å². The molecule has 0 aromatic heterocycles. The van der Waals surface area contributed by atoms with Crippen LogP contribution in [0.1, 0.15) is 0 Å². The lowest BCUT2D eigenvalue weighted by Gasteiger charge is -2.33. The van der Waals surface area contributed by atoms with E-state index in [1.807, 2.05) is 11.9 Å². The zero-order chi connectivity index (χ0) is 9.84. The quantitative estimate of drug-likeness (QED) is 0.558. The normalized spacial score (nSPS) is 24.4. The van der Waals surface area contributed by atoms with Crippen molar-refractivity contribution in [1.29, 1.82) is 0 Å².